The van der Waals surface area contributed by atoms with E-state index >= 15 is 0 Å². The summed E-state index contributed by atoms with van der Waals surface area (Å²) in [6.07, 6.45) is 2.41. The smallest absolute Gasteiger partial charge is 0.274 e. The van der Waals surface area contributed by atoms with Crippen molar-refractivity contribution < 1.29 is 14.8 Å². The SMILES string of the molecule is Cc1c(NC(=O)CCN2CCCC(CO)C2)cccc1[N+](=O)[O-]. The molecule has 1 heterocycles. The van der Waals surface area contributed by atoms with Crippen LogP contribution >= 0.6 is 0 Å². The highest BCUT2D eigenvalue weighted by atomic mass is 16.6. The predicted molar refractivity (Wildman–Crippen MR) is 87.3 cm³/mol. The zero-order valence-corrected chi connectivity index (χ0v) is 13.3. The second-order valence-corrected chi connectivity index (χ2v) is 6.00. The summed E-state index contributed by atoms with van der Waals surface area (Å²) in [7, 11) is 0. The first-order valence-electron chi connectivity index (χ1n) is 7.88. The molecule has 1 fully saturated rings. The van der Waals surface area contributed by atoms with Crippen LogP contribution in [0.5, 0.6) is 0 Å². The maximum Gasteiger partial charge on any atom is 0.274 e. The van der Waals surface area contributed by atoms with Gasteiger partial charge >= 0.3 is 0 Å². The van der Waals surface area contributed by atoms with E-state index < -0.39 is 4.92 Å². The van der Waals surface area contributed by atoms with Gasteiger partial charge in [-0.3, -0.25) is 14.9 Å². The van der Waals surface area contributed by atoms with Crippen molar-refractivity contribution in [2.45, 2.75) is 26.2 Å². The molecule has 126 valence electrons. The number of rotatable bonds is 6. The standard InChI is InChI=1S/C16H23N3O4/c1-12-14(5-2-6-15(12)19(22)23)17-16(21)7-9-18-8-3-4-13(10-18)11-20/h2,5-6,13,20H,3-4,7-11H2,1H3,(H,17,21). The summed E-state index contributed by atoms with van der Waals surface area (Å²) >= 11 is 0. The van der Waals surface area contributed by atoms with E-state index in [0.717, 1.165) is 25.9 Å². The predicted octanol–water partition coefficient (Wildman–Crippen LogP) is 1.94. The lowest BCUT2D eigenvalue weighted by molar-refractivity contribution is -0.385. The summed E-state index contributed by atoms with van der Waals surface area (Å²) in [6, 6.07) is 4.66. The summed E-state index contributed by atoms with van der Waals surface area (Å²) in [4.78, 5) is 24.7. The summed E-state index contributed by atoms with van der Waals surface area (Å²) < 4.78 is 0. The minimum absolute atomic E-state index is 0.00428. The molecular formula is C16H23N3O4. The van der Waals surface area contributed by atoms with Crippen molar-refractivity contribution in [3.05, 3.63) is 33.9 Å². The first-order valence-corrected chi connectivity index (χ1v) is 7.88. The molecule has 1 aromatic carbocycles. The van der Waals surface area contributed by atoms with Crippen LogP contribution in [0, 0.1) is 23.0 Å². The monoisotopic (exact) mass is 321 g/mol. The van der Waals surface area contributed by atoms with Crippen LogP contribution in [0.2, 0.25) is 0 Å². The van der Waals surface area contributed by atoms with Crippen molar-refractivity contribution >= 4 is 17.3 Å². The van der Waals surface area contributed by atoms with Gasteiger partial charge < -0.3 is 15.3 Å². The number of aliphatic hydroxyl groups is 1. The van der Waals surface area contributed by atoms with E-state index in [-0.39, 0.29) is 18.2 Å². The first-order chi connectivity index (χ1) is 11.0. The normalized spacial score (nSPS) is 18.6. The van der Waals surface area contributed by atoms with Gasteiger partial charge in [0.1, 0.15) is 0 Å². The third kappa shape index (κ3) is 4.74. The van der Waals surface area contributed by atoms with Crippen LogP contribution in [-0.2, 0) is 4.79 Å². The van der Waals surface area contributed by atoms with Gasteiger partial charge in [0, 0.05) is 32.2 Å². The van der Waals surface area contributed by atoms with E-state index in [0.29, 0.717) is 30.1 Å². The fourth-order valence-electron chi connectivity index (χ4n) is 2.93. The Bertz CT molecular complexity index is 576. The van der Waals surface area contributed by atoms with Crippen LogP contribution in [0.4, 0.5) is 11.4 Å². The minimum Gasteiger partial charge on any atom is -0.396 e. The number of nitrogens with one attached hydrogen (secondary N) is 1. The number of piperidine rings is 1. The number of nitro benzene ring substituents is 1. The van der Waals surface area contributed by atoms with Crippen LogP contribution in [-0.4, -0.2) is 47.1 Å². The van der Waals surface area contributed by atoms with Gasteiger partial charge in [0.05, 0.1) is 16.2 Å². The van der Waals surface area contributed by atoms with Crippen molar-refractivity contribution in [3.8, 4) is 0 Å². The third-order valence-corrected chi connectivity index (χ3v) is 4.29. The Balaban J connectivity index is 1.88. The second kappa shape index (κ2) is 8.03. The van der Waals surface area contributed by atoms with Gasteiger partial charge in [0.25, 0.3) is 5.69 Å². The lowest BCUT2D eigenvalue weighted by Crippen LogP contribution is -2.38. The summed E-state index contributed by atoms with van der Waals surface area (Å²) in [5, 5.41) is 22.9. The van der Waals surface area contributed by atoms with Crippen LogP contribution in [0.3, 0.4) is 0 Å². The number of nitrogens with zero attached hydrogens (tertiary/aromatic N) is 2. The van der Waals surface area contributed by atoms with Gasteiger partial charge in [-0.1, -0.05) is 6.07 Å². The van der Waals surface area contributed by atoms with Crippen molar-refractivity contribution in [1.82, 2.24) is 4.90 Å². The highest BCUT2D eigenvalue weighted by Gasteiger charge is 2.20. The number of hydrogen-bond acceptors (Lipinski definition) is 5. The molecular weight excluding hydrogens is 298 g/mol. The van der Waals surface area contributed by atoms with Crippen LogP contribution < -0.4 is 5.32 Å². The Labute approximate surface area is 135 Å². The minimum atomic E-state index is -0.451. The average molecular weight is 321 g/mol. The van der Waals surface area contributed by atoms with E-state index in [9.17, 15) is 20.0 Å². The molecule has 1 aliphatic rings. The van der Waals surface area contributed by atoms with Crippen LogP contribution in [0.15, 0.2) is 18.2 Å². The van der Waals surface area contributed by atoms with Crippen molar-refractivity contribution in [2.75, 3.05) is 31.6 Å². The molecule has 1 amide bonds. The molecule has 1 saturated heterocycles. The number of amides is 1. The molecule has 7 nitrogen and oxygen atoms in total. The van der Waals surface area contributed by atoms with E-state index in [2.05, 4.69) is 10.2 Å². The molecule has 2 rings (SSSR count). The van der Waals surface area contributed by atoms with Gasteiger partial charge in [0.2, 0.25) is 5.91 Å². The molecule has 7 heteroatoms. The molecule has 1 aliphatic heterocycles. The van der Waals surface area contributed by atoms with E-state index in [1.807, 2.05) is 0 Å². The number of hydrogen-bond donors (Lipinski definition) is 2. The summed E-state index contributed by atoms with van der Waals surface area (Å²) in [6.45, 7) is 4.22. The molecule has 0 aliphatic carbocycles. The molecule has 0 spiro atoms. The second-order valence-electron chi connectivity index (χ2n) is 6.00. The first kappa shape index (κ1) is 17.4. The van der Waals surface area contributed by atoms with Crippen molar-refractivity contribution in [1.29, 1.82) is 0 Å². The Kier molecular flexibility index (Phi) is 6.06. The van der Waals surface area contributed by atoms with Crippen LogP contribution in [0.1, 0.15) is 24.8 Å². The van der Waals surface area contributed by atoms with Crippen LogP contribution in [0.25, 0.3) is 0 Å². The number of benzene rings is 1. The van der Waals surface area contributed by atoms with Crippen molar-refractivity contribution in [3.63, 3.8) is 0 Å². The highest BCUT2D eigenvalue weighted by Crippen LogP contribution is 2.25. The van der Waals surface area contributed by atoms with Gasteiger partial charge in [-0.05, 0) is 38.3 Å². The van der Waals surface area contributed by atoms with Gasteiger partial charge in [-0.2, -0.15) is 0 Å². The fourth-order valence-corrected chi connectivity index (χ4v) is 2.93. The van der Waals surface area contributed by atoms with E-state index in [1.165, 1.54) is 6.07 Å². The Morgan fingerprint density at radius 2 is 2.30 bits per heavy atom. The zero-order valence-electron chi connectivity index (χ0n) is 13.3. The number of nitro groups is 1. The Morgan fingerprint density at radius 3 is 3.00 bits per heavy atom. The van der Waals surface area contributed by atoms with E-state index in [1.54, 1.807) is 19.1 Å². The summed E-state index contributed by atoms with van der Waals surface area (Å²) in [5.41, 5.74) is 0.949. The quantitative estimate of drug-likeness (QED) is 0.616. The molecule has 2 N–H and O–H groups in total. The molecule has 1 aromatic rings. The number of anilines is 1. The fraction of sp³-hybridized carbons (Fsp3) is 0.562. The number of aliphatic hydroxyl groups excluding tert-OH is 1. The third-order valence-electron chi connectivity index (χ3n) is 4.29. The van der Waals surface area contributed by atoms with Crippen molar-refractivity contribution in [2.24, 2.45) is 5.92 Å². The van der Waals surface area contributed by atoms with E-state index in [4.69, 9.17) is 0 Å². The lowest BCUT2D eigenvalue weighted by Gasteiger charge is -2.31. The maximum absolute atomic E-state index is 12.1. The Morgan fingerprint density at radius 1 is 1.52 bits per heavy atom. The molecule has 1 atom stereocenters. The lowest BCUT2D eigenvalue weighted by atomic mass is 9.99. The van der Waals surface area contributed by atoms with Gasteiger partial charge in [-0.25, -0.2) is 0 Å². The maximum atomic E-state index is 12.1. The molecule has 0 aromatic heterocycles. The molecule has 1 unspecified atom stereocenters. The summed E-state index contributed by atoms with van der Waals surface area (Å²) in [5.74, 6) is 0.144. The van der Waals surface area contributed by atoms with Gasteiger partial charge in [-0.15, -0.1) is 0 Å². The largest absolute Gasteiger partial charge is 0.396 e. The molecule has 23 heavy (non-hydrogen) atoms. The number of likely N-dealkylation sites (tertiary alicyclic amines) is 1. The van der Waals surface area contributed by atoms with Gasteiger partial charge in [0.15, 0.2) is 0 Å². The average Bonchev–Trinajstić information content (AvgIpc) is 2.55. The Hall–Kier alpha value is -1.99. The number of carbonyl (C=O) groups is 1. The molecule has 0 saturated carbocycles. The molecule has 0 bridgehead atoms. The zero-order chi connectivity index (χ0) is 16.8. The number of carbonyl (C=O) groups excluding carboxylic acids is 1. The topological polar surface area (TPSA) is 95.7 Å². The highest BCUT2D eigenvalue weighted by molar-refractivity contribution is 5.92. The molecule has 0 radical (unpaired) electrons.